The number of fused-ring (bicyclic) bond motifs is 1. The molecule has 1 saturated carbocycles. The summed E-state index contributed by atoms with van der Waals surface area (Å²) in [4.78, 5) is 21.0. The molecule has 35 heavy (non-hydrogen) atoms. The molecule has 9 nitrogen and oxygen atoms in total. The van der Waals surface area contributed by atoms with Gasteiger partial charge < -0.3 is 15.0 Å². The average Bonchev–Trinajstić information content (AvgIpc) is 3.13. The lowest BCUT2D eigenvalue weighted by Crippen LogP contribution is -2.30. The number of hydrogen-bond acceptors (Lipinski definition) is 6. The molecule has 0 spiro atoms. The van der Waals surface area contributed by atoms with Crippen molar-refractivity contribution in [2.45, 2.75) is 69.5 Å². The van der Waals surface area contributed by atoms with Crippen LogP contribution in [0.15, 0.2) is 35.5 Å². The van der Waals surface area contributed by atoms with Crippen LogP contribution in [0.3, 0.4) is 0 Å². The van der Waals surface area contributed by atoms with E-state index in [1.807, 2.05) is 4.57 Å². The highest BCUT2D eigenvalue weighted by atomic mass is 32.2. The summed E-state index contributed by atoms with van der Waals surface area (Å²) in [6, 6.07) is 3.95. The molecular weight excluding hydrogens is 480 g/mol. The van der Waals surface area contributed by atoms with Crippen molar-refractivity contribution in [1.82, 2.24) is 19.3 Å². The summed E-state index contributed by atoms with van der Waals surface area (Å²) in [5.41, 5.74) is 6.74. The summed E-state index contributed by atoms with van der Waals surface area (Å²) in [5, 5.41) is 0.460. The van der Waals surface area contributed by atoms with Gasteiger partial charge in [0.25, 0.3) is 5.91 Å². The van der Waals surface area contributed by atoms with E-state index >= 15 is 0 Å². The average molecular weight is 508 g/mol. The number of nitrogens with zero attached hydrogens (tertiary/aromatic N) is 3. The Kier molecular flexibility index (Phi) is 7.04. The van der Waals surface area contributed by atoms with E-state index in [0.29, 0.717) is 16.6 Å². The number of benzene rings is 1. The van der Waals surface area contributed by atoms with Gasteiger partial charge in [0.2, 0.25) is 10.0 Å². The smallest absolute Gasteiger partial charge is 0.387 e. The van der Waals surface area contributed by atoms with Crippen LogP contribution in [0.5, 0.6) is 5.75 Å². The summed E-state index contributed by atoms with van der Waals surface area (Å²) < 4.78 is 59.7. The van der Waals surface area contributed by atoms with Crippen molar-refractivity contribution in [1.29, 1.82) is 0 Å². The minimum atomic E-state index is -3.82. The van der Waals surface area contributed by atoms with Crippen LogP contribution in [0.4, 0.5) is 8.78 Å². The van der Waals surface area contributed by atoms with Crippen molar-refractivity contribution < 1.29 is 26.7 Å². The van der Waals surface area contributed by atoms with E-state index in [4.69, 9.17) is 5.73 Å². The summed E-state index contributed by atoms with van der Waals surface area (Å²) in [5.74, 6) is -0.670. The van der Waals surface area contributed by atoms with Crippen LogP contribution in [0.25, 0.3) is 22.4 Å². The number of hydrogen-bond donors (Lipinski definition) is 2. The van der Waals surface area contributed by atoms with Crippen LogP contribution >= 0.6 is 0 Å². The maximum absolute atomic E-state index is 12.9. The molecule has 1 aromatic carbocycles. The minimum absolute atomic E-state index is 0.0493. The zero-order valence-corrected chi connectivity index (χ0v) is 20.2. The molecule has 0 radical (unpaired) electrons. The fraction of sp³-hybridized carbons (Fsp3) is 0.435. The first-order chi connectivity index (χ1) is 16.6. The zero-order chi connectivity index (χ0) is 25.3. The number of halogens is 2. The molecule has 0 aliphatic heterocycles. The van der Waals surface area contributed by atoms with Gasteiger partial charge in [-0.2, -0.15) is 8.78 Å². The number of aromatic nitrogens is 3. The quantitative estimate of drug-likeness (QED) is 0.474. The first kappa shape index (κ1) is 25.0. The number of carbonyl (C=O) groups excluding carboxylic acids is 1. The summed E-state index contributed by atoms with van der Waals surface area (Å²) in [6.07, 6.45) is 6.94. The molecule has 12 heteroatoms. The third kappa shape index (κ3) is 5.13. The Hall–Kier alpha value is -3.12. The highest BCUT2D eigenvalue weighted by Gasteiger charge is 2.29. The van der Waals surface area contributed by atoms with Crippen LogP contribution < -0.4 is 15.2 Å². The first-order valence-electron chi connectivity index (χ1n) is 11.4. The lowest BCUT2D eigenvalue weighted by atomic mass is 9.95. The van der Waals surface area contributed by atoms with Crippen molar-refractivity contribution in [2.75, 3.05) is 0 Å². The fourth-order valence-electron chi connectivity index (χ4n) is 4.61. The van der Waals surface area contributed by atoms with Gasteiger partial charge in [0, 0.05) is 23.5 Å². The van der Waals surface area contributed by atoms with Gasteiger partial charge in [-0.25, -0.2) is 23.1 Å². The monoisotopic (exact) mass is 507 g/mol. The molecule has 188 valence electrons. The maximum atomic E-state index is 12.9. The molecule has 3 aromatic rings. The van der Waals surface area contributed by atoms with Crippen molar-refractivity contribution in [3.8, 4) is 17.3 Å². The molecule has 0 atom stereocenters. The lowest BCUT2D eigenvalue weighted by molar-refractivity contribution is -0.0497. The Balaban J connectivity index is 1.93. The van der Waals surface area contributed by atoms with Crippen LogP contribution in [0.2, 0.25) is 0 Å². The molecule has 0 saturated heterocycles. The number of nitrogens with one attached hydrogen (secondary N) is 1. The van der Waals surface area contributed by atoms with Crippen LogP contribution in [0.1, 0.15) is 62.4 Å². The van der Waals surface area contributed by atoms with Gasteiger partial charge in [0.05, 0.1) is 23.5 Å². The van der Waals surface area contributed by atoms with Crippen LogP contribution in [-0.4, -0.2) is 41.5 Å². The van der Waals surface area contributed by atoms with Crippen LogP contribution in [0, 0.1) is 0 Å². The molecule has 1 aliphatic rings. The largest absolute Gasteiger partial charge is 0.435 e. The third-order valence-electron chi connectivity index (χ3n) is 5.93. The van der Waals surface area contributed by atoms with Gasteiger partial charge in [-0.15, -0.1) is 0 Å². The standard InChI is InChI=1S/C23H27F2N5O4S/c1-13(2)29-35(32,33)16-11-27-22(28-12-16)20-19(21(26)31)17-9-8-15(34-23(24)25)10-18(17)30(20)14-6-4-3-5-7-14/h8-14,23,29H,3-7H2,1-2H3,(H2,26,31). The van der Waals surface area contributed by atoms with E-state index < -0.39 is 22.5 Å². The Morgan fingerprint density at radius 2 is 1.83 bits per heavy atom. The predicted molar refractivity (Wildman–Crippen MR) is 126 cm³/mol. The second-order valence-electron chi connectivity index (χ2n) is 8.83. The number of primary amides is 1. The van der Waals surface area contributed by atoms with Gasteiger partial charge in [-0.1, -0.05) is 19.3 Å². The Labute approximate surface area is 201 Å². The molecule has 1 aliphatic carbocycles. The predicted octanol–water partition coefficient (Wildman–Crippen LogP) is 3.99. The molecule has 0 bridgehead atoms. The highest BCUT2D eigenvalue weighted by Crippen LogP contribution is 2.41. The van der Waals surface area contributed by atoms with E-state index in [-0.39, 0.29) is 34.1 Å². The van der Waals surface area contributed by atoms with Crippen molar-refractivity contribution in [2.24, 2.45) is 5.73 Å². The van der Waals surface area contributed by atoms with E-state index in [0.717, 1.165) is 32.1 Å². The molecule has 1 amide bonds. The van der Waals surface area contributed by atoms with Gasteiger partial charge in [-0.05, 0) is 38.8 Å². The number of nitrogens with two attached hydrogens (primary N) is 1. The zero-order valence-electron chi connectivity index (χ0n) is 19.4. The second-order valence-corrected chi connectivity index (χ2v) is 10.5. The Morgan fingerprint density at radius 3 is 2.40 bits per heavy atom. The molecule has 0 unspecified atom stereocenters. The highest BCUT2D eigenvalue weighted by molar-refractivity contribution is 7.89. The number of sulfonamides is 1. The van der Waals surface area contributed by atoms with E-state index in [1.165, 1.54) is 30.6 Å². The fourth-order valence-corrected chi connectivity index (χ4v) is 5.75. The van der Waals surface area contributed by atoms with E-state index in [2.05, 4.69) is 19.4 Å². The summed E-state index contributed by atoms with van der Waals surface area (Å²) in [7, 11) is -3.82. The Bertz CT molecular complexity index is 1330. The molecule has 4 rings (SSSR count). The van der Waals surface area contributed by atoms with Gasteiger partial charge >= 0.3 is 6.61 Å². The van der Waals surface area contributed by atoms with Crippen molar-refractivity contribution in [3.05, 3.63) is 36.2 Å². The van der Waals surface area contributed by atoms with Crippen molar-refractivity contribution >= 4 is 26.8 Å². The number of rotatable bonds is 8. The lowest BCUT2D eigenvalue weighted by Gasteiger charge is -2.26. The summed E-state index contributed by atoms with van der Waals surface area (Å²) in [6.45, 7) is 0.388. The third-order valence-corrected chi connectivity index (χ3v) is 7.54. The normalized spacial score (nSPS) is 15.3. The van der Waals surface area contributed by atoms with Crippen LogP contribution in [-0.2, 0) is 10.0 Å². The van der Waals surface area contributed by atoms with Gasteiger partial charge in [-0.3, -0.25) is 4.79 Å². The van der Waals surface area contributed by atoms with Gasteiger partial charge in [0.15, 0.2) is 5.82 Å². The maximum Gasteiger partial charge on any atom is 0.387 e. The van der Waals surface area contributed by atoms with Gasteiger partial charge in [0.1, 0.15) is 16.3 Å². The molecule has 2 heterocycles. The SMILES string of the molecule is CC(C)NS(=O)(=O)c1cnc(-c2c(C(N)=O)c3ccc(OC(F)F)cc3n2C2CCCCC2)nc1. The van der Waals surface area contributed by atoms with E-state index in [9.17, 15) is 22.0 Å². The molecule has 3 N–H and O–H groups in total. The number of amides is 1. The summed E-state index contributed by atoms with van der Waals surface area (Å²) >= 11 is 0. The number of alkyl halides is 2. The van der Waals surface area contributed by atoms with E-state index in [1.54, 1.807) is 13.8 Å². The number of ether oxygens (including phenoxy) is 1. The Morgan fingerprint density at radius 1 is 1.17 bits per heavy atom. The van der Waals surface area contributed by atoms with Crippen molar-refractivity contribution in [3.63, 3.8) is 0 Å². The minimum Gasteiger partial charge on any atom is -0.435 e. The molecule has 2 aromatic heterocycles. The second kappa shape index (κ2) is 9.86. The first-order valence-corrected chi connectivity index (χ1v) is 12.8. The topological polar surface area (TPSA) is 129 Å². The molecular formula is C23H27F2N5O4S. The molecule has 1 fully saturated rings. The number of carbonyl (C=O) groups is 1.